The van der Waals surface area contributed by atoms with Crippen LogP contribution in [-0.4, -0.2) is 44.8 Å². The molecule has 33 heavy (non-hydrogen) atoms. The number of benzene rings is 2. The quantitative estimate of drug-likeness (QED) is 0.572. The number of amides is 1. The lowest BCUT2D eigenvalue weighted by atomic mass is 9.96. The number of likely N-dealkylation sites (tertiary alicyclic amines) is 1. The van der Waals surface area contributed by atoms with Gasteiger partial charge in [0.1, 0.15) is 11.6 Å². The highest BCUT2D eigenvalue weighted by molar-refractivity contribution is 5.78. The van der Waals surface area contributed by atoms with Crippen molar-refractivity contribution in [3.8, 4) is 0 Å². The van der Waals surface area contributed by atoms with E-state index in [2.05, 4.69) is 10.2 Å². The van der Waals surface area contributed by atoms with Gasteiger partial charge in [0.2, 0.25) is 5.91 Å². The number of nitrogens with one attached hydrogen (secondary N) is 1. The van der Waals surface area contributed by atoms with Gasteiger partial charge in [-0.15, -0.1) is 0 Å². The van der Waals surface area contributed by atoms with Crippen LogP contribution in [0.2, 0.25) is 0 Å². The fourth-order valence-electron chi connectivity index (χ4n) is 4.33. The maximum absolute atomic E-state index is 13.0. The van der Waals surface area contributed by atoms with Crippen LogP contribution in [0.15, 0.2) is 59.4 Å². The van der Waals surface area contributed by atoms with Crippen LogP contribution in [0.3, 0.4) is 0 Å². The van der Waals surface area contributed by atoms with Crippen molar-refractivity contribution in [2.75, 3.05) is 19.6 Å². The predicted octanol–water partition coefficient (Wildman–Crippen LogP) is 2.75. The third kappa shape index (κ3) is 5.76. The SMILES string of the molecule is CCn1c(C2CCN(CC(=O)NCc3ccc(F)cc3)CC2)nn(Cc2ccccc2)c1=O. The summed E-state index contributed by atoms with van der Waals surface area (Å²) in [7, 11) is 0. The Kier molecular flexibility index (Phi) is 7.34. The van der Waals surface area contributed by atoms with Gasteiger partial charge in [-0.05, 0) is 56.1 Å². The minimum atomic E-state index is -0.286. The molecule has 174 valence electrons. The van der Waals surface area contributed by atoms with Crippen molar-refractivity contribution in [1.29, 1.82) is 0 Å². The molecule has 1 aromatic heterocycles. The van der Waals surface area contributed by atoms with Crippen LogP contribution < -0.4 is 11.0 Å². The summed E-state index contributed by atoms with van der Waals surface area (Å²) in [4.78, 5) is 27.3. The number of nitrogens with zero attached hydrogens (tertiary/aromatic N) is 4. The maximum Gasteiger partial charge on any atom is 0.346 e. The van der Waals surface area contributed by atoms with Crippen molar-refractivity contribution in [2.45, 2.75) is 45.3 Å². The van der Waals surface area contributed by atoms with Crippen LogP contribution in [0, 0.1) is 5.82 Å². The van der Waals surface area contributed by atoms with E-state index in [9.17, 15) is 14.0 Å². The molecule has 1 saturated heterocycles. The summed E-state index contributed by atoms with van der Waals surface area (Å²) in [6, 6.07) is 16.0. The summed E-state index contributed by atoms with van der Waals surface area (Å²) in [6.45, 7) is 5.30. The lowest BCUT2D eigenvalue weighted by molar-refractivity contribution is -0.122. The Bertz CT molecular complexity index is 1120. The molecule has 0 saturated carbocycles. The Morgan fingerprint density at radius 2 is 1.76 bits per heavy atom. The summed E-state index contributed by atoms with van der Waals surface area (Å²) < 4.78 is 16.3. The summed E-state index contributed by atoms with van der Waals surface area (Å²) in [5.41, 5.74) is 1.85. The first-order valence-electron chi connectivity index (χ1n) is 11.5. The number of rotatable bonds is 8. The second-order valence-corrected chi connectivity index (χ2v) is 8.48. The number of halogens is 1. The van der Waals surface area contributed by atoms with Gasteiger partial charge in [0.15, 0.2) is 0 Å². The highest BCUT2D eigenvalue weighted by Crippen LogP contribution is 2.26. The average Bonchev–Trinajstić information content (AvgIpc) is 3.15. The first kappa shape index (κ1) is 22.9. The molecule has 0 radical (unpaired) electrons. The number of carbonyl (C=O) groups is 1. The van der Waals surface area contributed by atoms with Crippen molar-refractivity contribution in [1.82, 2.24) is 24.6 Å². The largest absolute Gasteiger partial charge is 0.351 e. The lowest BCUT2D eigenvalue weighted by Crippen LogP contribution is -2.41. The van der Waals surface area contributed by atoms with Gasteiger partial charge in [-0.2, -0.15) is 5.10 Å². The fraction of sp³-hybridized carbons (Fsp3) is 0.400. The Morgan fingerprint density at radius 3 is 2.42 bits per heavy atom. The van der Waals surface area contributed by atoms with E-state index in [4.69, 9.17) is 5.10 Å². The van der Waals surface area contributed by atoms with E-state index in [1.807, 2.05) is 37.3 Å². The topological polar surface area (TPSA) is 72.2 Å². The Labute approximate surface area is 192 Å². The van der Waals surface area contributed by atoms with E-state index in [0.29, 0.717) is 26.2 Å². The minimum absolute atomic E-state index is 0.0459. The molecule has 1 N–H and O–H groups in total. The second kappa shape index (κ2) is 10.6. The number of carbonyl (C=O) groups excluding carboxylic acids is 1. The third-order valence-corrected chi connectivity index (χ3v) is 6.17. The molecule has 7 nitrogen and oxygen atoms in total. The molecule has 3 aromatic rings. The van der Waals surface area contributed by atoms with Gasteiger partial charge in [-0.1, -0.05) is 42.5 Å². The van der Waals surface area contributed by atoms with Gasteiger partial charge in [-0.3, -0.25) is 14.3 Å². The Hall–Kier alpha value is -3.26. The Balaban J connectivity index is 1.31. The van der Waals surface area contributed by atoms with Crippen LogP contribution in [0.25, 0.3) is 0 Å². The Morgan fingerprint density at radius 1 is 1.06 bits per heavy atom. The molecular weight excluding hydrogens is 421 g/mol. The summed E-state index contributed by atoms with van der Waals surface area (Å²) >= 11 is 0. The molecule has 0 spiro atoms. The van der Waals surface area contributed by atoms with Gasteiger partial charge in [0.25, 0.3) is 0 Å². The third-order valence-electron chi connectivity index (χ3n) is 6.17. The van der Waals surface area contributed by atoms with E-state index in [0.717, 1.165) is 42.9 Å². The van der Waals surface area contributed by atoms with Crippen LogP contribution in [-0.2, 0) is 24.4 Å². The van der Waals surface area contributed by atoms with Crippen LogP contribution >= 0.6 is 0 Å². The number of piperidine rings is 1. The molecule has 2 aromatic carbocycles. The molecule has 0 unspecified atom stereocenters. The fourth-order valence-corrected chi connectivity index (χ4v) is 4.33. The normalized spacial score (nSPS) is 15.0. The predicted molar refractivity (Wildman–Crippen MR) is 124 cm³/mol. The molecule has 1 amide bonds. The highest BCUT2D eigenvalue weighted by atomic mass is 19.1. The molecule has 1 aliphatic rings. The van der Waals surface area contributed by atoms with Crippen molar-refractivity contribution < 1.29 is 9.18 Å². The van der Waals surface area contributed by atoms with Crippen LogP contribution in [0.4, 0.5) is 4.39 Å². The van der Waals surface area contributed by atoms with E-state index in [-0.39, 0.29) is 23.3 Å². The molecular formula is C25H30FN5O2. The smallest absolute Gasteiger partial charge is 0.346 e. The molecule has 1 aliphatic heterocycles. The number of hydrogen-bond acceptors (Lipinski definition) is 4. The van der Waals surface area contributed by atoms with E-state index in [1.165, 1.54) is 12.1 Å². The van der Waals surface area contributed by atoms with E-state index >= 15 is 0 Å². The molecule has 2 heterocycles. The number of hydrogen-bond donors (Lipinski definition) is 1. The summed E-state index contributed by atoms with van der Waals surface area (Å²) in [6.07, 6.45) is 1.71. The summed E-state index contributed by atoms with van der Waals surface area (Å²) in [5, 5.41) is 7.59. The van der Waals surface area contributed by atoms with Crippen LogP contribution in [0.5, 0.6) is 0 Å². The lowest BCUT2D eigenvalue weighted by Gasteiger charge is -2.30. The second-order valence-electron chi connectivity index (χ2n) is 8.48. The monoisotopic (exact) mass is 451 g/mol. The van der Waals surface area contributed by atoms with Gasteiger partial charge in [-0.25, -0.2) is 13.9 Å². The van der Waals surface area contributed by atoms with Crippen LogP contribution in [0.1, 0.15) is 42.6 Å². The van der Waals surface area contributed by atoms with Gasteiger partial charge >= 0.3 is 5.69 Å². The molecule has 0 atom stereocenters. The van der Waals surface area contributed by atoms with Gasteiger partial charge < -0.3 is 5.32 Å². The zero-order chi connectivity index (χ0) is 23.2. The number of aromatic nitrogens is 3. The van der Waals surface area contributed by atoms with E-state index < -0.39 is 0 Å². The van der Waals surface area contributed by atoms with Crippen molar-refractivity contribution in [3.63, 3.8) is 0 Å². The zero-order valence-corrected chi connectivity index (χ0v) is 18.9. The minimum Gasteiger partial charge on any atom is -0.351 e. The maximum atomic E-state index is 13.0. The summed E-state index contributed by atoms with van der Waals surface area (Å²) in [5.74, 6) is 0.716. The van der Waals surface area contributed by atoms with E-state index in [1.54, 1.807) is 21.4 Å². The highest BCUT2D eigenvalue weighted by Gasteiger charge is 2.27. The van der Waals surface area contributed by atoms with Gasteiger partial charge in [0.05, 0.1) is 13.1 Å². The molecule has 0 aliphatic carbocycles. The zero-order valence-electron chi connectivity index (χ0n) is 18.9. The molecule has 0 bridgehead atoms. The van der Waals surface area contributed by atoms with Gasteiger partial charge in [0, 0.05) is 19.0 Å². The van der Waals surface area contributed by atoms with Crippen molar-refractivity contribution in [2.24, 2.45) is 0 Å². The first-order chi connectivity index (χ1) is 16.0. The van der Waals surface area contributed by atoms with Crippen molar-refractivity contribution in [3.05, 3.63) is 87.9 Å². The average molecular weight is 452 g/mol. The molecule has 8 heteroatoms. The first-order valence-corrected chi connectivity index (χ1v) is 11.5. The molecule has 4 rings (SSSR count). The van der Waals surface area contributed by atoms with Crippen molar-refractivity contribution >= 4 is 5.91 Å². The standard InChI is InChI=1S/C25H30FN5O2/c1-2-30-24(28-31(25(30)33)17-20-6-4-3-5-7-20)21-12-14-29(15-13-21)18-23(32)27-16-19-8-10-22(26)11-9-19/h3-11,21H,2,12-18H2,1H3,(H,27,32). The molecule has 1 fully saturated rings.